The minimum atomic E-state index is 1.04. The fraction of sp³-hybridized carbons (Fsp3) is 0.333. The lowest BCUT2D eigenvalue weighted by molar-refractivity contribution is 0.313. The van der Waals surface area contributed by atoms with Gasteiger partial charge in [-0.2, -0.15) is 0 Å². The molecule has 78 valence electrons. The van der Waals surface area contributed by atoms with E-state index in [0.717, 1.165) is 24.4 Å². The van der Waals surface area contributed by atoms with Crippen molar-refractivity contribution >= 4 is 23.5 Å². The summed E-state index contributed by atoms with van der Waals surface area (Å²) in [5.41, 5.74) is 4.10. The molecule has 2 heterocycles. The van der Waals surface area contributed by atoms with Crippen LogP contribution >= 0.6 is 12.6 Å². The number of likely N-dealkylation sites (N-methyl/N-ethyl adjacent to an activating group) is 1. The van der Waals surface area contributed by atoms with Gasteiger partial charge in [0.2, 0.25) is 0 Å². The van der Waals surface area contributed by atoms with Crippen LogP contribution in [-0.4, -0.2) is 23.5 Å². The first-order valence-corrected chi connectivity index (χ1v) is 5.70. The van der Waals surface area contributed by atoms with Crippen molar-refractivity contribution in [1.82, 2.24) is 9.88 Å². The van der Waals surface area contributed by atoms with Crippen LogP contribution < -0.4 is 0 Å². The molecule has 15 heavy (non-hydrogen) atoms. The molecule has 1 aliphatic heterocycles. The van der Waals surface area contributed by atoms with Gasteiger partial charge in [0.1, 0.15) is 0 Å². The van der Waals surface area contributed by atoms with Crippen LogP contribution in [0.3, 0.4) is 0 Å². The third-order valence-corrected chi connectivity index (χ3v) is 3.43. The number of nitrogens with zero attached hydrogens (tertiary/aromatic N) is 1. The van der Waals surface area contributed by atoms with E-state index in [1.54, 1.807) is 0 Å². The quantitative estimate of drug-likeness (QED) is 0.650. The first-order valence-electron chi connectivity index (χ1n) is 5.25. The Morgan fingerprint density at radius 3 is 3.13 bits per heavy atom. The zero-order chi connectivity index (χ0) is 10.4. The fourth-order valence-electron chi connectivity index (χ4n) is 2.34. The number of fused-ring (bicyclic) bond motifs is 3. The summed E-state index contributed by atoms with van der Waals surface area (Å²) in [6, 6.07) is 6.32. The molecule has 1 aromatic heterocycles. The molecule has 2 nitrogen and oxygen atoms in total. The predicted octanol–water partition coefficient (Wildman–Crippen LogP) is 2.44. The minimum Gasteiger partial charge on any atom is -0.358 e. The molecule has 0 fully saturated rings. The molecular formula is C12H14N2S. The van der Waals surface area contributed by atoms with Crippen LogP contribution in [-0.2, 0) is 13.0 Å². The summed E-state index contributed by atoms with van der Waals surface area (Å²) in [4.78, 5) is 6.90. The topological polar surface area (TPSA) is 19.0 Å². The number of rotatable bonds is 0. The van der Waals surface area contributed by atoms with Crippen molar-refractivity contribution in [3.63, 3.8) is 0 Å². The Morgan fingerprint density at radius 2 is 2.27 bits per heavy atom. The van der Waals surface area contributed by atoms with Gasteiger partial charge in [-0.25, -0.2) is 0 Å². The smallest absolute Gasteiger partial charge is 0.0460 e. The lowest BCUT2D eigenvalue weighted by atomic mass is 10.1. The largest absolute Gasteiger partial charge is 0.358 e. The number of benzene rings is 1. The van der Waals surface area contributed by atoms with Crippen LogP contribution in [0.25, 0.3) is 10.9 Å². The van der Waals surface area contributed by atoms with Gasteiger partial charge in [-0.05, 0) is 30.8 Å². The second-order valence-corrected chi connectivity index (χ2v) is 4.82. The predicted molar refractivity (Wildman–Crippen MR) is 65.6 cm³/mol. The van der Waals surface area contributed by atoms with Gasteiger partial charge in [0.25, 0.3) is 0 Å². The van der Waals surface area contributed by atoms with Gasteiger partial charge in [0.15, 0.2) is 0 Å². The second-order valence-electron chi connectivity index (χ2n) is 4.30. The Balaban J connectivity index is 2.25. The number of aromatic nitrogens is 1. The molecule has 0 aliphatic carbocycles. The SMILES string of the molecule is CN1CCc2[nH]c3ccc(S)cc3c2C1. The average Bonchev–Trinajstić information content (AvgIpc) is 2.56. The van der Waals surface area contributed by atoms with E-state index in [1.807, 2.05) is 6.07 Å². The van der Waals surface area contributed by atoms with Gasteiger partial charge in [-0.1, -0.05) is 0 Å². The highest BCUT2D eigenvalue weighted by Crippen LogP contribution is 2.28. The molecule has 1 aliphatic rings. The van der Waals surface area contributed by atoms with Crippen molar-refractivity contribution in [2.75, 3.05) is 13.6 Å². The van der Waals surface area contributed by atoms with Crippen molar-refractivity contribution < 1.29 is 0 Å². The van der Waals surface area contributed by atoms with Gasteiger partial charge in [0, 0.05) is 41.0 Å². The minimum absolute atomic E-state index is 1.04. The molecular weight excluding hydrogens is 204 g/mol. The number of aromatic amines is 1. The lowest BCUT2D eigenvalue weighted by Crippen LogP contribution is -2.25. The van der Waals surface area contributed by atoms with Crippen molar-refractivity contribution in [2.45, 2.75) is 17.9 Å². The Morgan fingerprint density at radius 1 is 1.40 bits per heavy atom. The fourth-order valence-corrected chi connectivity index (χ4v) is 2.54. The van der Waals surface area contributed by atoms with E-state index in [1.165, 1.54) is 22.2 Å². The van der Waals surface area contributed by atoms with Gasteiger partial charge < -0.3 is 9.88 Å². The molecule has 3 rings (SSSR count). The third kappa shape index (κ3) is 1.46. The molecule has 0 amide bonds. The number of hydrogen-bond acceptors (Lipinski definition) is 2. The van der Waals surface area contributed by atoms with Crippen LogP contribution in [0.1, 0.15) is 11.3 Å². The summed E-state index contributed by atoms with van der Waals surface area (Å²) >= 11 is 4.40. The highest BCUT2D eigenvalue weighted by atomic mass is 32.1. The molecule has 1 aromatic carbocycles. The van der Waals surface area contributed by atoms with Crippen molar-refractivity contribution in [1.29, 1.82) is 0 Å². The number of nitrogens with one attached hydrogen (secondary N) is 1. The summed E-state index contributed by atoms with van der Waals surface area (Å²) in [7, 11) is 2.17. The molecule has 0 spiro atoms. The first kappa shape index (κ1) is 9.31. The zero-order valence-corrected chi connectivity index (χ0v) is 9.64. The standard InChI is InChI=1S/C12H14N2S/c1-14-5-4-12-10(7-14)9-6-8(15)2-3-11(9)13-12/h2-3,6,13,15H,4-5,7H2,1H3. The highest BCUT2D eigenvalue weighted by molar-refractivity contribution is 7.80. The third-order valence-electron chi connectivity index (χ3n) is 3.15. The van der Waals surface area contributed by atoms with Crippen molar-refractivity contribution in [2.24, 2.45) is 0 Å². The van der Waals surface area contributed by atoms with Crippen LogP contribution in [0.5, 0.6) is 0 Å². The molecule has 3 heteroatoms. The monoisotopic (exact) mass is 218 g/mol. The maximum atomic E-state index is 4.40. The summed E-state index contributed by atoms with van der Waals surface area (Å²) in [5.74, 6) is 0. The van der Waals surface area contributed by atoms with Crippen LogP contribution in [0.2, 0.25) is 0 Å². The van der Waals surface area contributed by atoms with Crippen molar-refractivity contribution in [3.8, 4) is 0 Å². The van der Waals surface area contributed by atoms with Gasteiger partial charge in [-0.15, -0.1) is 12.6 Å². The maximum absolute atomic E-state index is 4.40. The van der Waals surface area contributed by atoms with E-state index >= 15 is 0 Å². The van der Waals surface area contributed by atoms with E-state index in [9.17, 15) is 0 Å². The Hall–Kier alpha value is -0.930. The maximum Gasteiger partial charge on any atom is 0.0460 e. The lowest BCUT2D eigenvalue weighted by Gasteiger charge is -2.22. The van der Waals surface area contributed by atoms with Crippen LogP contribution in [0, 0.1) is 0 Å². The zero-order valence-electron chi connectivity index (χ0n) is 8.75. The molecule has 0 atom stereocenters. The Labute approximate surface area is 94.7 Å². The summed E-state index contributed by atoms with van der Waals surface area (Å²) in [5, 5.41) is 1.34. The van der Waals surface area contributed by atoms with E-state index in [2.05, 4.69) is 41.7 Å². The van der Waals surface area contributed by atoms with Crippen LogP contribution in [0.4, 0.5) is 0 Å². The molecule has 1 N–H and O–H groups in total. The highest BCUT2D eigenvalue weighted by Gasteiger charge is 2.17. The van der Waals surface area contributed by atoms with E-state index in [4.69, 9.17) is 0 Å². The second kappa shape index (κ2) is 3.29. The summed E-state index contributed by atoms with van der Waals surface area (Å²) < 4.78 is 0. The van der Waals surface area contributed by atoms with Gasteiger partial charge in [0.05, 0.1) is 0 Å². The molecule has 0 saturated heterocycles. The first-order chi connectivity index (χ1) is 7.24. The van der Waals surface area contributed by atoms with E-state index < -0.39 is 0 Å². The molecule has 0 saturated carbocycles. The van der Waals surface area contributed by atoms with E-state index in [0.29, 0.717) is 0 Å². The van der Waals surface area contributed by atoms with Gasteiger partial charge >= 0.3 is 0 Å². The van der Waals surface area contributed by atoms with Crippen LogP contribution in [0.15, 0.2) is 23.1 Å². The van der Waals surface area contributed by atoms with E-state index in [-0.39, 0.29) is 0 Å². The Bertz CT molecular complexity index is 516. The van der Waals surface area contributed by atoms with Gasteiger partial charge in [-0.3, -0.25) is 0 Å². The van der Waals surface area contributed by atoms with Crippen molar-refractivity contribution in [3.05, 3.63) is 29.5 Å². The molecule has 0 bridgehead atoms. The summed E-state index contributed by atoms with van der Waals surface area (Å²) in [6.07, 6.45) is 1.13. The Kier molecular flexibility index (Phi) is 2.04. The molecule has 0 unspecified atom stereocenters. The number of hydrogen-bond donors (Lipinski definition) is 2. The number of H-pyrrole nitrogens is 1. The average molecular weight is 218 g/mol. The summed E-state index contributed by atoms with van der Waals surface area (Å²) in [6.45, 7) is 2.19. The molecule has 2 aromatic rings. The normalized spacial score (nSPS) is 16.9. The molecule has 0 radical (unpaired) electrons. The number of thiol groups is 1.